The van der Waals surface area contributed by atoms with Crippen molar-refractivity contribution in [3.63, 3.8) is 0 Å². The van der Waals surface area contributed by atoms with Gasteiger partial charge < -0.3 is 69.7 Å². The summed E-state index contributed by atoms with van der Waals surface area (Å²) in [4.78, 5) is 159. The van der Waals surface area contributed by atoms with Gasteiger partial charge in [-0.15, -0.1) is 0 Å². The third-order valence-corrected chi connectivity index (χ3v) is 10.8. The molecular formula is C43H66N12O13. The van der Waals surface area contributed by atoms with E-state index in [1.54, 1.807) is 13.8 Å². The Morgan fingerprint density at radius 3 is 1.97 bits per heavy atom. The number of benzene rings is 1. The van der Waals surface area contributed by atoms with Crippen molar-refractivity contribution < 1.29 is 62.6 Å². The number of primary amides is 3. The summed E-state index contributed by atoms with van der Waals surface area (Å²) in [7, 11) is 1.18. The summed E-state index contributed by atoms with van der Waals surface area (Å²) in [5.41, 5.74) is 16.4. The maximum atomic E-state index is 14.0. The molecule has 0 saturated carbocycles. The smallest absolute Gasteiger partial charge is 0.245 e. The molecule has 1 aliphatic rings. The van der Waals surface area contributed by atoms with Crippen LogP contribution >= 0.6 is 0 Å². The van der Waals surface area contributed by atoms with E-state index in [2.05, 4.69) is 42.5 Å². The molecule has 7 unspecified atom stereocenters. The molecule has 12 amide bonds. The predicted octanol–water partition coefficient (Wildman–Crippen LogP) is -4.56. The molecule has 376 valence electrons. The minimum Gasteiger partial charge on any atom is -0.508 e. The van der Waals surface area contributed by atoms with E-state index in [1.165, 1.54) is 31.3 Å². The van der Waals surface area contributed by atoms with Crippen LogP contribution in [0.2, 0.25) is 0 Å². The van der Waals surface area contributed by atoms with E-state index in [-0.39, 0.29) is 24.5 Å². The molecule has 2 rings (SSSR count). The van der Waals surface area contributed by atoms with Crippen LogP contribution in [0, 0.1) is 11.8 Å². The summed E-state index contributed by atoms with van der Waals surface area (Å²) in [5, 5.41) is 29.3. The van der Waals surface area contributed by atoms with E-state index >= 15 is 0 Å². The van der Waals surface area contributed by atoms with Crippen LogP contribution in [-0.2, 0) is 64.0 Å². The first-order chi connectivity index (χ1) is 31.9. The van der Waals surface area contributed by atoms with E-state index in [0.29, 0.717) is 18.4 Å². The fraction of sp³-hybridized carbons (Fsp3) is 0.581. The van der Waals surface area contributed by atoms with Crippen molar-refractivity contribution >= 4 is 70.9 Å². The number of rotatable bonds is 19. The Morgan fingerprint density at radius 1 is 0.765 bits per heavy atom. The van der Waals surface area contributed by atoms with Crippen molar-refractivity contribution in [2.24, 2.45) is 29.0 Å². The zero-order valence-corrected chi connectivity index (χ0v) is 38.9. The average molecular weight is 959 g/mol. The lowest BCUT2D eigenvalue weighted by molar-refractivity contribution is -0.140. The Labute approximate surface area is 393 Å². The largest absolute Gasteiger partial charge is 0.508 e. The van der Waals surface area contributed by atoms with Gasteiger partial charge in [0.05, 0.1) is 26.1 Å². The summed E-state index contributed by atoms with van der Waals surface area (Å²) in [6.45, 7) is 5.23. The number of nitrogens with one attached hydrogen (secondary N) is 8. The van der Waals surface area contributed by atoms with Crippen LogP contribution in [0.4, 0.5) is 0 Å². The number of phenolic OH excluding ortho intramolecular Hbond substituents is 1. The van der Waals surface area contributed by atoms with Crippen molar-refractivity contribution in [3.05, 3.63) is 29.8 Å². The van der Waals surface area contributed by atoms with E-state index in [1.807, 2.05) is 13.8 Å². The Balaban J connectivity index is 2.59. The fourth-order valence-electron chi connectivity index (χ4n) is 6.72. The van der Waals surface area contributed by atoms with Crippen LogP contribution in [0.3, 0.4) is 0 Å². The highest BCUT2D eigenvalue weighted by Gasteiger charge is 2.36. The maximum Gasteiger partial charge on any atom is 0.245 e. The first-order valence-electron chi connectivity index (χ1n) is 22.1. The molecule has 1 fully saturated rings. The number of aromatic hydroxyl groups is 1. The van der Waals surface area contributed by atoms with Crippen LogP contribution in [-0.4, -0.2) is 144 Å². The maximum absolute atomic E-state index is 14.0. The van der Waals surface area contributed by atoms with Crippen molar-refractivity contribution in [2.45, 2.75) is 122 Å². The minimum absolute atomic E-state index is 0.0718. The molecule has 1 aliphatic heterocycles. The minimum atomic E-state index is -1.83. The Hall–Kier alpha value is -7.34. The molecule has 0 aromatic heterocycles. The van der Waals surface area contributed by atoms with Gasteiger partial charge in [0, 0.05) is 26.3 Å². The van der Waals surface area contributed by atoms with Crippen LogP contribution in [0.25, 0.3) is 0 Å². The molecule has 7 atom stereocenters. The lowest BCUT2D eigenvalue weighted by Gasteiger charge is -2.29. The number of carbonyl (C=O) groups is 12. The third kappa shape index (κ3) is 20.4. The number of nitrogens with two attached hydrogens (primary N) is 3. The molecule has 0 radical (unpaired) electrons. The molecule has 15 N–H and O–H groups in total. The zero-order chi connectivity index (χ0) is 51.2. The summed E-state index contributed by atoms with van der Waals surface area (Å²) >= 11 is 0. The van der Waals surface area contributed by atoms with Crippen molar-refractivity contribution in [2.75, 3.05) is 26.7 Å². The molecule has 0 spiro atoms. The molecule has 1 saturated heterocycles. The van der Waals surface area contributed by atoms with E-state index in [4.69, 9.17) is 17.2 Å². The second-order valence-electron chi connectivity index (χ2n) is 17.0. The molecule has 25 nitrogen and oxygen atoms in total. The van der Waals surface area contributed by atoms with Crippen molar-refractivity contribution in [1.29, 1.82) is 0 Å². The highest BCUT2D eigenvalue weighted by atomic mass is 16.3. The van der Waals surface area contributed by atoms with E-state index in [9.17, 15) is 62.6 Å². The Morgan fingerprint density at radius 2 is 1.38 bits per heavy atom. The molecule has 1 heterocycles. The van der Waals surface area contributed by atoms with Gasteiger partial charge in [-0.25, -0.2) is 0 Å². The molecule has 1 aromatic rings. The molecule has 1 aromatic carbocycles. The first kappa shape index (κ1) is 56.8. The summed E-state index contributed by atoms with van der Waals surface area (Å²) in [6, 6.07) is -3.25. The summed E-state index contributed by atoms with van der Waals surface area (Å²) in [6.07, 6.45) is -1.97. The quantitative estimate of drug-likeness (QED) is 0.0623. The lowest BCUT2D eigenvalue weighted by Crippen LogP contribution is -2.61. The second kappa shape index (κ2) is 28.0. The third-order valence-electron chi connectivity index (χ3n) is 10.8. The normalized spacial score (nSPS) is 20.9. The van der Waals surface area contributed by atoms with Gasteiger partial charge in [0.1, 0.15) is 42.0 Å². The summed E-state index contributed by atoms with van der Waals surface area (Å²) < 4.78 is 0. The van der Waals surface area contributed by atoms with Crippen LogP contribution in [0.15, 0.2) is 24.3 Å². The number of likely N-dealkylation sites (N-methyl/N-ethyl adjacent to an activating group) is 1. The molecule has 25 heteroatoms. The van der Waals surface area contributed by atoms with Gasteiger partial charge >= 0.3 is 0 Å². The van der Waals surface area contributed by atoms with Gasteiger partial charge in [-0.05, 0) is 55.2 Å². The summed E-state index contributed by atoms with van der Waals surface area (Å²) in [5.74, 6) is -11.6. The van der Waals surface area contributed by atoms with Gasteiger partial charge in [0.2, 0.25) is 70.9 Å². The van der Waals surface area contributed by atoms with Crippen LogP contribution < -0.4 is 59.7 Å². The highest BCUT2D eigenvalue weighted by Crippen LogP contribution is 2.15. The van der Waals surface area contributed by atoms with Gasteiger partial charge in [0.25, 0.3) is 0 Å². The molecule has 0 aliphatic carbocycles. The number of hydrogen-bond acceptors (Lipinski definition) is 13. The topological polar surface area (TPSA) is 403 Å². The number of amides is 12. The SMILES string of the molecule is CCC(C)C1NC(=O)C(Cc2ccc(O)cc2)NC(=O)CNC(=O)CCC(C(=O)N(C)CC(=O)NC(CCC(C)C)C(=O)NCC(N)=O)NC(=O)C(CC(N)=O)NC(=O)C(CCC(N)=O)NC1=O. The van der Waals surface area contributed by atoms with Crippen molar-refractivity contribution in [3.8, 4) is 5.75 Å². The monoisotopic (exact) mass is 958 g/mol. The van der Waals surface area contributed by atoms with Crippen LogP contribution in [0.5, 0.6) is 5.75 Å². The average Bonchev–Trinajstić information content (AvgIpc) is 3.26. The standard InChI is InChI=1S/C43H66N12O13/c1-6-23(4)37-42(67)51-27(13-15-31(44)57)39(64)53-30(18-32(45)58)40(65)52-28(43(68)55(5)21-36(62)49-26(12-7-22(2)3)38(63)48-19-33(46)59)14-16-34(60)47-20-35(61)50-29(41(66)54-37)17-24-8-10-25(56)11-9-24/h8-11,22-23,26-30,37,56H,6-7,12-21H2,1-5H3,(H2,44,57)(H2,45,58)(H2,46,59)(H,47,60)(H,48,63)(H,49,62)(H,50,61)(H,51,67)(H,52,65)(H,53,64)(H,54,66). The predicted molar refractivity (Wildman–Crippen MR) is 241 cm³/mol. The van der Waals surface area contributed by atoms with Crippen LogP contribution in [0.1, 0.15) is 84.6 Å². The number of hydrogen-bond donors (Lipinski definition) is 12. The molecule has 68 heavy (non-hydrogen) atoms. The fourth-order valence-corrected chi connectivity index (χ4v) is 6.72. The van der Waals surface area contributed by atoms with Gasteiger partial charge in [0.15, 0.2) is 0 Å². The molecular weight excluding hydrogens is 893 g/mol. The number of phenols is 1. The zero-order valence-electron chi connectivity index (χ0n) is 38.9. The molecule has 0 bridgehead atoms. The van der Waals surface area contributed by atoms with E-state index < -0.39 is 165 Å². The Bertz CT molecular complexity index is 2020. The highest BCUT2D eigenvalue weighted by molar-refractivity contribution is 5.99. The van der Waals surface area contributed by atoms with E-state index in [0.717, 1.165) is 4.90 Å². The second-order valence-corrected chi connectivity index (χ2v) is 17.0. The number of nitrogens with zero attached hydrogens (tertiary/aromatic N) is 1. The van der Waals surface area contributed by atoms with Gasteiger partial charge in [-0.2, -0.15) is 0 Å². The number of carbonyl (C=O) groups excluding carboxylic acids is 12. The van der Waals surface area contributed by atoms with Crippen molar-refractivity contribution in [1.82, 2.24) is 47.4 Å². The first-order valence-corrected chi connectivity index (χ1v) is 22.1. The lowest BCUT2D eigenvalue weighted by atomic mass is 9.96. The Kier molecular flexibility index (Phi) is 23.4. The van der Waals surface area contributed by atoms with Gasteiger partial charge in [-0.3, -0.25) is 57.5 Å². The van der Waals surface area contributed by atoms with Gasteiger partial charge in [-0.1, -0.05) is 46.2 Å².